The zero-order valence-electron chi connectivity index (χ0n) is 12.9. The number of nitrogens with zero attached hydrogens (tertiary/aromatic N) is 2. The van der Waals surface area contributed by atoms with Crippen molar-refractivity contribution in [3.8, 4) is 17.2 Å². The Morgan fingerprint density at radius 1 is 1.09 bits per heavy atom. The molecule has 6 heteroatoms. The fourth-order valence-corrected chi connectivity index (χ4v) is 2.70. The number of aromatic nitrogens is 3. The van der Waals surface area contributed by atoms with Crippen LogP contribution in [0, 0.1) is 4.77 Å². The highest BCUT2D eigenvalue weighted by Gasteiger charge is 2.14. The van der Waals surface area contributed by atoms with Gasteiger partial charge in [-0.3, -0.25) is 9.67 Å². The number of rotatable bonds is 5. The van der Waals surface area contributed by atoms with Crippen molar-refractivity contribution in [3.05, 3.63) is 64.7 Å². The van der Waals surface area contributed by atoms with Gasteiger partial charge in [0.25, 0.3) is 0 Å². The van der Waals surface area contributed by atoms with Gasteiger partial charge in [0.15, 0.2) is 4.77 Å². The van der Waals surface area contributed by atoms with Crippen molar-refractivity contribution in [1.82, 2.24) is 14.8 Å². The van der Waals surface area contributed by atoms with Gasteiger partial charge in [0.1, 0.15) is 17.3 Å². The molecule has 23 heavy (non-hydrogen) atoms. The molecule has 0 fully saturated rings. The molecule has 2 aromatic carbocycles. The van der Waals surface area contributed by atoms with Gasteiger partial charge in [0.05, 0.1) is 19.9 Å². The molecule has 118 valence electrons. The maximum Gasteiger partial charge on any atom is 0.200 e. The number of aromatic amines is 1. The minimum absolute atomic E-state index is 0.516. The SMILES string of the molecule is COc1ccc(OC)c(-n2c(Cc3ccccc3)n[nH]c2=S)c1. The van der Waals surface area contributed by atoms with E-state index in [0.717, 1.165) is 22.8 Å². The Labute approximate surface area is 139 Å². The Bertz CT molecular complexity index is 856. The smallest absolute Gasteiger partial charge is 0.200 e. The number of hydrogen-bond donors (Lipinski definition) is 1. The van der Waals surface area contributed by atoms with Crippen LogP contribution in [0.15, 0.2) is 48.5 Å². The summed E-state index contributed by atoms with van der Waals surface area (Å²) in [6.45, 7) is 0. The summed E-state index contributed by atoms with van der Waals surface area (Å²) in [5, 5.41) is 7.23. The minimum Gasteiger partial charge on any atom is -0.497 e. The fourth-order valence-electron chi connectivity index (χ4n) is 2.45. The van der Waals surface area contributed by atoms with E-state index in [-0.39, 0.29) is 0 Å². The Balaban J connectivity index is 2.10. The second-order valence-electron chi connectivity index (χ2n) is 4.98. The van der Waals surface area contributed by atoms with Crippen molar-refractivity contribution in [2.75, 3.05) is 14.2 Å². The molecule has 1 heterocycles. The fraction of sp³-hybridized carbons (Fsp3) is 0.176. The summed E-state index contributed by atoms with van der Waals surface area (Å²) in [7, 11) is 3.26. The number of nitrogens with one attached hydrogen (secondary N) is 1. The van der Waals surface area contributed by atoms with Crippen molar-refractivity contribution >= 4 is 12.2 Å². The summed E-state index contributed by atoms with van der Waals surface area (Å²) in [4.78, 5) is 0. The molecule has 0 atom stereocenters. The van der Waals surface area contributed by atoms with E-state index in [9.17, 15) is 0 Å². The lowest BCUT2D eigenvalue weighted by Crippen LogP contribution is -2.05. The number of benzene rings is 2. The van der Waals surface area contributed by atoms with Gasteiger partial charge in [-0.05, 0) is 29.9 Å². The molecule has 3 aromatic rings. The molecule has 5 nitrogen and oxygen atoms in total. The lowest BCUT2D eigenvalue weighted by atomic mass is 10.1. The molecule has 0 saturated heterocycles. The maximum absolute atomic E-state index is 5.46. The lowest BCUT2D eigenvalue weighted by Gasteiger charge is -2.13. The number of hydrogen-bond acceptors (Lipinski definition) is 4. The molecule has 0 saturated carbocycles. The highest BCUT2D eigenvalue weighted by atomic mass is 32.1. The molecular weight excluding hydrogens is 310 g/mol. The highest BCUT2D eigenvalue weighted by molar-refractivity contribution is 7.71. The van der Waals surface area contributed by atoms with Gasteiger partial charge in [0.2, 0.25) is 0 Å². The van der Waals surface area contributed by atoms with Crippen LogP contribution in [0.25, 0.3) is 5.69 Å². The molecule has 1 N–H and O–H groups in total. The van der Waals surface area contributed by atoms with E-state index in [4.69, 9.17) is 21.7 Å². The number of H-pyrrole nitrogens is 1. The molecule has 0 unspecified atom stereocenters. The molecule has 0 radical (unpaired) electrons. The van der Waals surface area contributed by atoms with Crippen molar-refractivity contribution in [2.24, 2.45) is 0 Å². The molecule has 0 aliphatic heterocycles. The maximum atomic E-state index is 5.46. The third-order valence-corrected chi connectivity index (χ3v) is 3.85. The monoisotopic (exact) mass is 327 g/mol. The molecule has 3 rings (SSSR count). The van der Waals surface area contributed by atoms with Crippen LogP contribution in [0.2, 0.25) is 0 Å². The van der Waals surface area contributed by atoms with Crippen LogP contribution in [0.3, 0.4) is 0 Å². The molecule has 1 aromatic heterocycles. The number of methoxy groups -OCH3 is 2. The van der Waals surface area contributed by atoms with Crippen LogP contribution >= 0.6 is 12.2 Å². The molecule has 0 amide bonds. The van der Waals surface area contributed by atoms with Crippen molar-refractivity contribution in [1.29, 1.82) is 0 Å². The summed E-state index contributed by atoms with van der Waals surface area (Å²) in [6.07, 6.45) is 0.661. The van der Waals surface area contributed by atoms with E-state index < -0.39 is 0 Å². The predicted octanol–water partition coefficient (Wildman–Crippen LogP) is 3.54. The normalized spacial score (nSPS) is 10.5. The minimum atomic E-state index is 0.516. The summed E-state index contributed by atoms with van der Waals surface area (Å²) in [5.74, 6) is 2.25. The standard InChI is InChI=1S/C17H17N3O2S/c1-21-13-8-9-15(22-2)14(11-13)20-16(18-19-17(20)23)10-12-6-4-3-5-7-12/h3-9,11H,10H2,1-2H3,(H,19,23). The van der Waals surface area contributed by atoms with Gasteiger partial charge in [-0.1, -0.05) is 30.3 Å². The second kappa shape index (κ2) is 6.66. The zero-order valence-corrected chi connectivity index (χ0v) is 13.8. The Kier molecular flexibility index (Phi) is 4.43. The third-order valence-electron chi connectivity index (χ3n) is 3.57. The van der Waals surface area contributed by atoms with Crippen LogP contribution in [0.1, 0.15) is 11.4 Å². The molecule has 0 aliphatic carbocycles. The van der Waals surface area contributed by atoms with Crippen molar-refractivity contribution in [3.63, 3.8) is 0 Å². The third kappa shape index (κ3) is 3.12. The molecule has 0 bridgehead atoms. The van der Waals surface area contributed by atoms with Gasteiger partial charge in [-0.2, -0.15) is 5.10 Å². The number of ether oxygens (including phenoxy) is 2. The Hall–Kier alpha value is -2.60. The van der Waals surface area contributed by atoms with Crippen LogP contribution in [0.4, 0.5) is 0 Å². The Morgan fingerprint density at radius 2 is 1.87 bits per heavy atom. The average molecular weight is 327 g/mol. The summed E-state index contributed by atoms with van der Waals surface area (Å²) >= 11 is 5.41. The van der Waals surface area contributed by atoms with Gasteiger partial charge < -0.3 is 9.47 Å². The van der Waals surface area contributed by atoms with Gasteiger partial charge in [-0.15, -0.1) is 0 Å². The van der Waals surface area contributed by atoms with E-state index in [1.807, 2.05) is 41.0 Å². The largest absolute Gasteiger partial charge is 0.497 e. The second-order valence-corrected chi connectivity index (χ2v) is 5.37. The van der Waals surface area contributed by atoms with Gasteiger partial charge in [0, 0.05) is 12.5 Å². The van der Waals surface area contributed by atoms with E-state index in [2.05, 4.69) is 22.3 Å². The van der Waals surface area contributed by atoms with Gasteiger partial charge >= 0.3 is 0 Å². The molecule has 0 spiro atoms. The summed E-state index contributed by atoms with van der Waals surface area (Å²) < 4.78 is 13.2. The van der Waals surface area contributed by atoms with E-state index in [0.29, 0.717) is 16.9 Å². The van der Waals surface area contributed by atoms with Gasteiger partial charge in [-0.25, -0.2) is 0 Å². The quantitative estimate of drug-likeness (QED) is 0.728. The van der Waals surface area contributed by atoms with Crippen molar-refractivity contribution < 1.29 is 9.47 Å². The van der Waals surface area contributed by atoms with Crippen LogP contribution in [0.5, 0.6) is 11.5 Å². The van der Waals surface area contributed by atoms with Crippen LogP contribution in [-0.4, -0.2) is 29.0 Å². The first-order chi connectivity index (χ1) is 11.2. The topological polar surface area (TPSA) is 52.1 Å². The van der Waals surface area contributed by atoms with E-state index >= 15 is 0 Å². The first-order valence-corrected chi connectivity index (χ1v) is 7.56. The first kappa shape index (κ1) is 15.3. The highest BCUT2D eigenvalue weighted by Crippen LogP contribution is 2.29. The lowest BCUT2D eigenvalue weighted by molar-refractivity contribution is 0.401. The van der Waals surface area contributed by atoms with E-state index in [1.54, 1.807) is 14.2 Å². The molecular formula is C17H17N3O2S. The first-order valence-electron chi connectivity index (χ1n) is 7.15. The van der Waals surface area contributed by atoms with E-state index in [1.165, 1.54) is 0 Å². The predicted molar refractivity (Wildman–Crippen MR) is 91.1 cm³/mol. The molecule has 0 aliphatic rings. The summed E-state index contributed by atoms with van der Waals surface area (Å²) in [5.41, 5.74) is 1.96. The zero-order chi connectivity index (χ0) is 16.2. The summed E-state index contributed by atoms with van der Waals surface area (Å²) in [6, 6.07) is 15.7. The van der Waals surface area contributed by atoms with Crippen LogP contribution < -0.4 is 9.47 Å². The Morgan fingerprint density at radius 3 is 2.57 bits per heavy atom. The van der Waals surface area contributed by atoms with Crippen LogP contribution in [-0.2, 0) is 6.42 Å². The average Bonchev–Trinajstić information content (AvgIpc) is 2.95. The van der Waals surface area contributed by atoms with Crippen molar-refractivity contribution in [2.45, 2.75) is 6.42 Å².